The Morgan fingerprint density at radius 3 is 2.79 bits per heavy atom. The Bertz CT molecular complexity index is 601. The summed E-state index contributed by atoms with van der Waals surface area (Å²) in [6, 6.07) is 14.5. The summed E-state index contributed by atoms with van der Waals surface area (Å²) in [4.78, 5) is 0. The van der Waals surface area contributed by atoms with Crippen LogP contribution in [-0.4, -0.2) is 13.2 Å². The first-order valence-corrected chi connectivity index (χ1v) is 6.52. The van der Waals surface area contributed by atoms with E-state index in [1.54, 1.807) is 0 Å². The molecule has 0 saturated heterocycles. The first-order chi connectivity index (χ1) is 9.27. The molecule has 2 aromatic rings. The number of hydrogen-bond acceptors (Lipinski definition) is 3. The van der Waals surface area contributed by atoms with Crippen LogP contribution in [-0.2, 0) is 0 Å². The summed E-state index contributed by atoms with van der Waals surface area (Å²) in [7, 11) is 0. The zero-order valence-electron chi connectivity index (χ0n) is 11.3. The third kappa shape index (κ3) is 2.86. The van der Waals surface area contributed by atoms with Crippen LogP contribution in [0.1, 0.15) is 25.5 Å². The van der Waals surface area contributed by atoms with Crippen LogP contribution in [0.2, 0.25) is 0 Å². The van der Waals surface area contributed by atoms with E-state index >= 15 is 0 Å². The van der Waals surface area contributed by atoms with Gasteiger partial charge in [-0.2, -0.15) is 5.26 Å². The van der Waals surface area contributed by atoms with Crippen molar-refractivity contribution in [2.24, 2.45) is 0 Å². The van der Waals surface area contributed by atoms with Crippen LogP contribution in [0.25, 0.3) is 10.8 Å². The standard InChI is InChI=1S/C16H18N2O/c1-3-18-12(2)14-9-8-13-6-4-5-7-15(13)16(14)19-11-10-17/h4-9,12,18H,3,11H2,1-2H3. The molecule has 1 unspecified atom stereocenters. The minimum atomic E-state index is 0.0693. The molecule has 0 aromatic heterocycles. The van der Waals surface area contributed by atoms with Crippen molar-refractivity contribution in [1.29, 1.82) is 5.26 Å². The number of rotatable bonds is 5. The number of benzene rings is 2. The Morgan fingerprint density at radius 1 is 1.26 bits per heavy atom. The first-order valence-electron chi connectivity index (χ1n) is 6.52. The predicted octanol–water partition coefficient (Wildman–Crippen LogP) is 3.41. The first kappa shape index (κ1) is 13.4. The van der Waals surface area contributed by atoms with Crippen molar-refractivity contribution >= 4 is 10.8 Å². The number of hydrogen-bond donors (Lipinski definition) is 1. The Hall–Kier alpha value is -2.05. The lowest BCUT2D eigenvalue weighted by Gasteiger charge is -2.18. The fourth-order valence-electron chi connectivity index (χ4n) is 2.28. The quantitative estimate of drug-likeness (QED) is 0.889. The molecule has 98 valence electrons. The largest absolute Gasteiger partial charge is 0.478 e. The van der Waals surface area contributed by atoms with E-state index < -0.39 is 0 Å². The predicted molar refractivity (Wildman–Crippen MR) is 77.1 cm³/mol. The molecule has 0 radical (unpaired) electrons. The Kier molecular flexibility index (Phi) is 4.38. The van der Waals surface area contributed by atoms with Crippen molar-refractivity contribution < 1.29 is 4.74 Å². The minimum Gasteiger partial charge on any atom is -0.478 e. The molecule has 19 heavy (non-hydrogen) atoms. The third-order valence-electron chi connectivity index (χ3n) is 3.17. The van der Waals surface area contributed by atoms with E-state index in [4.69, 9.17) is 10.00 Å². The van der Waals surface area contributed by atoms with Gasteiger partial charge in [-0.25, -0.2) is 0 Å². The van der Waals surface area contributed by atoms with E-state index in [2.05, 4.69) is 37.4 Å². The summed E-state index contributed by atoms with van der Waals surface area (Å²) < 4.78 is 5.67. The van der Waals surface area contributed by atoms with Crippen LogP contribution in [0.3, 0.4) is 0 Å². The second-order valence-electron chi connectivity index (χ2n) is 4.43. The molecular formula is C16H18N2O. The van der Waals surface area contributed by atoms with Crippen LogP contribution in [0.15, 0.2) is 36.4 Å². The van der Waals surface area contributed by atoms with Gasteiger partial charge in [-0.1, -0.05) is 43.3 Å². The summed E-state index contributed by atoms with van der Waals surface area (Å²) in [6.45, 7) is 5.14. The van der Waals surface area contributed by atoms with Gasteiger partial charge in [-0.3, -0.25) is 0 Å². The smallest absolute Gasteiger partial charge is 0.174 e. The highest BCUT2D eigenvalue weighted by atomic mass is 16.5. The molecule has 0 saturated carbocycles. The SMILES string of the molecule is CCNC(C)c1ccc2ccccc2c1OCC#N. The average Bonchev–Trinajstić information content (AvgIpc) is 2.44. The normalized spacial score (nSPS) is 12.1. The summed E-state index contributed by atoms with van der Waals surface area (Å²) in [6.07, 6.45) is 0. The zero-order chi connectivity index (χ0) is 13.7. The number of nitrogens with one attached hydrogen (secondary N) is 1. The molecule has 1 atom stereocenters. The number of nitriles is 1. The van der Waals surface area contributed by atoms with Gasteiger partial charge in [0, 0.05) is 17.0 Å². The van der Waals surface area contributed by atoms with Gasteiger partial charge in [-0.05, 0) is 18.9 Å². The van der Waals surface area contributed by atoms with Gasteiger partial charge in [0.2, 0.25) is 0 Å². The molecule has 0 aliphatic rings. The van der Waals surface area contributed by atoms with Gasteiger partial charge in [0.05, 0.1) is 0 Å². The molecule has 0 spiro atoms. The van der Waals surface area contributed by atoms with Gasteiger partial charge in [0.15, 0.2) is 6.61 Å². The molecule has 0 amide bonds. The molecule has 0 fully saturated rings. The summed E-state index contributed by atoms with van der Waals surface area (Å²) in [5.74, 6) is 0.813. The van der Waals surface area contributed by atoms with Crippen molar-refractivity contribution in [2.45, 2.75) is 19.9 Å². The summed E-state index contributed by atoms with van der Waals surface area (Å²) >= 11 is 0. The Morgan fingerprint density at radius 2 is 2.05 bits per heavy atom. The van der Waals surface area contributed by atoms with Gasteiger partial charge >= 0.3 is 0 Å². The fourth-order valence-corrected chi connectivity index (χ4v) is 2.28. The molecule has 0 bridgehead atoms. The maximum atomic E-state index is 8.74. The number of ether oxygens (including phenoxy) is 1. The van der Waals surface area contributed by atoms with Crippen LogP contribution < -0.4 is 10.1 Å². The van der Waals surface area contributed by atoms with Crippen LogP contribution >= 0.6 is 0 Å². The van der Waals surface area contributed by atoms with E-state index in [9.17, 15) is 0 Å². The summed E-state index contributed by atoms with van der Waals surface area (Å²) in [5.41, 5.74) is 1.09. The molecule has 0 heterocycles. The van der Waals surface area contributed by atoms with Crippen molar-refractivity contribution in [3.05, 3.63) is 42.0 Å². The lowest BCUT2D eigenvalue weighted by atomic mass is 10.0. The average molecular weight is 254 g/mol. The monoisotopic (exact) mass is 254 g/mol. The maximum Gasteiger partial charge on any atom is 0.174 e. The number of nitrogens with zero attached hydrogens (tertiary/aromatic N) is 1. The fraction of sp³-hybridized carbons (Fsp3) is 0.312. The van der Waals surface area contributed by atoms with Crippen LogP contribution in [0.4, 0.5) is 0 Å². The highest BCUT2D eigenvalue weighted by Gasteiger charge is 2.14. The third-order valence-corrected chi connectivity index (χ3v) is 3.17. The highest BCUT2D eigenvalue weighted by molar-refractivity contribution is 5.89. The van der Waals surface area contributed by atoms with Gasteiger partial charge in [-0.15, -0.1) is 0 Å². The second kappa shape index (κ2) is 6.21. The molecule has 3 heteroatoms. The second-order valence-corrected chi connectivity index (χ2v) is 4.43. The topological polar surface area (TPSA) is 45.0 Å². The van der Waals surface area contributed by atoms with E-state index in [1.807, 2.05) is 24.3 Å². The highest BCUT2D eigenvalue weighted by Crippen LogP contribution is 2.33. The van der Waals surface area contributed by atoms with Crippen molar-refractivity contribution in [2.75, 3.05) is 13.2 Å². The van der Waals surface area contributed by atoms with Crippen molar-refractivity contribution in [1.82, 2.24) is 5.32 Å². The van der Waals surface area contributed by atoms with E-state index in [1.165, 1.54) is 0 Å². The molecule has 1 N–H and O–H groups in total. The maximum absolute atomic E-state index is 8.74. The van der Waals surface area contributed by atoms with Crippen LogP contribution in [0.5, 0.6) is 5.75 Å². The van der Waals surface area contributed by atoms with Crippen LogP contribution in [0, 0.1) is 11.3 Å². The minimum absolute atomic E-state index is 0.0693. The Balaban J connectivity index is 2.53. The summed E-state index contributed by atoms with van der Waals surface area (Å²) in [5, 5.41) is 14.3. The van der Waals surface area contributed by atoms with Gasteiger partial charge in [0.25, 0.3) is 0 Å². The molecule has 2 rings (SSSR count). The molecular weight excluding hydrogens is 236 g/mol. The lowest BCUT2D eigenvalue weighted by molar-refractivity contribution is 0.363. The lowest BCUT2D eigenvalue weighted by Crippen LogP contribution is -2.18. The molecule has 3 nitrogen and oxygen atoms in total. The van der Waals surface area contributed by atoms with E-state index in [0.29, 0.717) is 0 Å². The van der Waals surface area contributed by atoms with E-state index in [0.717, 1.165) is 28.6 Å². The molecule has 0 aliphatic heterocycles. The zero-order valence-corrected chi connectivity index (χ0v) is 11.3. The Labute approximate surface area is 113 Å². The van der Waals surface area contributed by atoms with Crippen molar-refractivity contribution in [3.8, 4) is 11.8 Å². The van der Waals surface area contributed by atoms with Gasteiger partial charge < -0.3 is 10.1 Å². The van der Waals surface area contributed by atoms with Gasteiger partial charge in [0.1, 0.15) is 11.8 Å². The number of fused-ring (bicyclic) bond motifs is 1. The molecule has 2 aromatic carbocycles. The van der Waals surface area contributed by atoms with Crippen molar-refractivity contribution in [3.63, 3.8) is 0 Å². The molecule has 0 aliphatic carbocycles. The van der Waals surface area contributed by atoms with E-state index in [-0.39, 0.29) is 12.6 Å².